The van der Waals surface area contributed by atoms with Gasteiger partial charge in [-0.25, -0.2) is 0 Å². The van der Waals surface area contributed by atoms with Gasteiger partial charge in [-0.1, -0.05) is 12.8 Å². The molecule has 0 aliphatic rings. The lowest BCUT2D eigenvalue weighted by Gasteiger charge is -2.19. The number of amides is 2. The fraction of sp³-hybridized carbons (Fsp3) is 0.636. The van der Waals surface area contributed by atoms with Crippen LogP contribution in [0, 0.1) is 12.3 Å². The average molecular weight is 225 g/mol. The lowest BCUT2D eigenvalue weighted by molar-refractivity contribution is -0.134. The van der Waals surface area contributed by atoms with Gasteiger partial charge in [0.1, 0.15) is 6.54 Å². The molecule has 0 fully saturated rings. The molecule has 2 amide bonds. The van der Waals surface area contributed by atoms with Crippen molar-refractivity contribution in [2.75, 3.05) is 33.2 Å². The fourth-order valence-electron chi connectivity index (χ4n) is 1.08. The topological polar surface area (TPSA) is 61.4 Å². The highest BCUT2D eigenvalue weighted by Crippen LogP contribution is 1.88. The summed E-state index contributed by atoms with van der Waals surface area (Å²) in [4.78, 5) is 24.1. The smallest absolute Gasteiger partial charge is 0.239 e. The summed E-state index contributed by atoms with van der Waals surface area (Å²) < 4.78 is 0. The summed E-state index contributed by atoms with van der Waals surface area (Å²) in [6, 6.07) is 0. The van der Waals surface area contributed by atoms with Crippen LogP contribution in [0.2, 0.25) is 0 Å². The second-order valence-electron chi connectivity index (χ2n) is 3.30. The first-order valence-corrected chi connectivity index (χ1v) is 5.28. The average Bonchev–Trinajstić information content (AvgIpc) is 2.28. The second-order valence-corrected chi connectivity index (χ2v) is 3.30. The Morgan fingerprint density at radius 3 is 2.62 bits per heavy atom. The van der Waals surface area contributed by atoms with Crippen molar-refractivity contribution in [3.8, 4) is 12.3 Å². The molecule has 0 rings (SSSR count). The molecule has 0 aromatic heterocycles. The quantitative estimate of drug-likeness (QED) is 0.440. The molecule has 0 spiro atoms. The predicted octanol–water partition coefficient (Wildman–Crippen LogP) is -0.806. The normalized spacial score (nSPS) is 9.31. The van der Waals surface area contributed by atoms with Crippen molar-refractivity contribution in [2.45, 2.75) is 13.3 Å². The number of terminal acetylenes is 1. The van der Waals surface area contributed by atoms with Crippen LogP contribution in [0.25, 0.3) is 0 Å². The Morgan fingerprint density at radius 2 is 2.12 bits per heavy atom. The minimum atomic E-state index is -0.223. The van der Waals surface area contributed by atoms with Crippen LogP contribution >= 0.6 is 0 Å². The lowest BCUT2D eigenvalue weighted by Crippen LogP contribution is -2.43. The van der Waals surface area contributed by atoms with E-state index in [1.54, 1.807) is 0 Å². The lowest BCUT2D eigenvalue weighted by atomic mass is 10.4. The maximum atomic E-state index is 11.6. The minimum absolute atomic E-state index is 0.00728. The van der Waals surface area contributed by atoms with Gasteiger partial charge in [0.2, 0.25) is 11.8 Å². The van der Waals surface area contributed by atoms with Gasteiger partial charge in [0.15, 0.2) is 0 Å². The zero-order valence-electron chi connectivity index (χ0n) is 9.88. The van der Waals surface area contributed by atoms with Gasteiger partial charge in [-0.2, -0.15) is 0 Å². The molecule has 16 heavy (non-hydrogen) atoms. The van der Waals surface area contributed by atoms with E-state index in [-0.39, 0.29) is 31.4 Å². The van der Waals surface area contributed by atoms with Gasteiger partial charge >= 0.3 is 0 Å². The number of nitrogens with one attached hydrogen (secondary N) is 2. The number of carbonyl (C=O) groups excluding carboxylic acids is 2. The molecule has 0 aromatic rings. The van der Waals surface area contributed by atoms with Crippen LogP contribution < -0.4 is 10.6 Å². The zero-order chi connectivity index (χ0) is 12.4. The first-order valence-electron chi connectivity index (χ1n) is 5.28. The Balaban J connectivity index is 4.13. The van der Waals surface area contributed by atoms with E-state index in [1.807, 2.05) is 6.92 Å². The fourth-order valence-corrected chi connectivity index (χ4v) is 1.08. The summed E-state index contributed by atoms with van der Waals surface area (Å²) >= 11 is 0. The van der Waals surface area contributed by atoms with Crippen LogP contribution in [0.5, 0.6) is 0 Å². The number of likely N-dealkylation sites (N-methyl/N-ethyl adjacent to an activating group) is 1. The number of rotatable bonds is 7. The van der Waals surface area contributed by atoms with Gasteiger partial charge in [0.25, 0.3) is 0 Å². The van der Waals surface area contributed by atoms with Crippen LogP contribution in [0.4, 0.5) is 0 Å². The molecule has 0 aliphatic carbocycles. The summed E-state index contributed by atoms with van der Waals surface area (Å²) in [5.41, 5.74) is 0. The van der Waals surface area contributed by atoms with Crippen LogP contribution in [-0.2, 0) is 9.59 Å². The number of hydrogen-bond acceptors (Lipinski definition) is 3. The largest absolute Gasteiger partial charge is 0.358 e. The Morgan fingerprint density at radius 1 is 1.44 bits per heavy atom. The highest BCUT2D eigenvalue weighted by atomic mass is 16.2. The van der Waals surface area contributed by atoms with E-state index in [9.17, 15) is 9.59 Å². The SMILES string of the molecule is C#CCN(CC(=O)NC)C(=O)CNCCC. The molecule has 0 unspecified atom stereocenters. The van der Waals surface area contributed by atoms with E-state index in [4.69, 9.17) is 6.42 Å². The summed E-state index contributed by atoms with van der Waals surface area (Å²) in [6.45, 7) is 3.16. The first-order chi connectivity index (χ1) is 7.65. The van der Waals surface area contributed by atoms with Crippen molar-refractivity contribution >= 4 is 11.8 Å². The van der Waals surface area contributed by atoms with Crippen molar-refractivity contribution in [3.05, 3.63) is 0 Å². The maximum absolute atomic E-state index is 11.6. The summed E-state index contributed by atoms with van der Waals surface area (Å²) in [6.07, 6.45) is 6.10. The Bertz CT molecular complexity index is 271. The molecule has 0 atom stereocenters. The number of carbonyl (C=O) groups is 2. The molecule has 0 aliphatic heterocycles. The number of nitrogens with zero attached hydrogens (tertiary/aromatic N) is 1. The molecule has 0 saturated heterocycles. The Hall–Kier alpha value is -1.54. The van der Waals surface area contributed by atoms with Crippen molar-refractivity contribution in [3.63, 3.8) is 0 Å². The van der Waals surface area contributed by atoms with Gasteiger partial charge in [-0.05, 0) is 13.0 Å². The van der Waals surface area contributed by atoms with Crippen molar-refractivity contribution in [1.82, 2.24) is 15.5 Å². The summed E-state index contributed by atoms with van der Waals surface area (Å²) in [5.74, 6) is 1.99. The molecule has 0 saturated carbocycles. The van der Waals surface area contributed by atoms with Crippen molar-refractivity contribution < 1.29 is 9.59 Å². The van der Waals surface area contributed by atoms with E-state index < -0.39 is 0 Å². The molecule has 2 N–H and O–H groups in total. The van der Waals surface area contributed by atoms with E-state index >= 15 is 0 Å². The molecule has 0 bridgehead atoms. The van der Waals surface area contributed by atoms with Crippen LogP contribution in [-0.4, -0.2) is 49.9 Å². The monoisotopic (exact) mass is 225 g/mol. The molecule has 5 heteroatoms. The Labute approximate surface area is 96.6 Å². The van der Waals surface area contributed by atoms with Gasteiger partial charge in [0, 0.05) is 7.05 Å². The van der Waals surface area contributed by atoms with Gasteiger partial charge in [-0.15, -0.1) is 6.42 Å². The maximum Gasteiger partial charge on any atom is 0.239 e. The molecular formula is C11H19N3O2. The van der Waals surface area contributed by atoms with E-state index in [0.717, 1.165) is 13.0 Å². The van der Waals surface area contributed by atoms with Gasteiger partial charge in [0.05, 0.1) is 13.1 Å². The molecule has 90 valence electrons. The Kier molecular flexibility index (Phi) is 7.90. The highest BCUT2D eigenvalue weighted by molar-refractivity contribution is 5.85. The molecule has 0 heterocycles. The standard InChI is InChI=1S/C11H19N3O2/c1-4-6-13-8-11(16)14(7-5-2)9-10(15)12-3/h2,13H,4,6-9H2,1,3H3,(H,12,15). The van der Waals surface area contributed by atoms with Gasteiger partial charge < -0.3 is 15.5 Å². The highest BCUT2D eigenvalue weighted by Gasteiger charge is 2.14. The van der Waals surface area contributed by atoms with Gasteiger partial charge in [-0.3, -0.25) is 9.59 Å². The van der Waals surface area contributed by atoms with E-state index in [0.29, 0.717) is 0 Å². The zero-order valence-corrected chi connectivity index (χ0v) is 9.88. The second kappa shape index (κ2) is 8.74. The third kappa shape index (κ3) is 6.04. The minimum Gasteiger partial charge on any atom is -0.358 e. The van der Waals surface area contributed by atoms with Crippen LogP contribution in [0.1, 0.15) is 13.3 Å². The third-order valence-electron chi connectivity index (χ3n) is 1.95. The summed E-state index contributed by atoms with van der Waals surface area (Å²) in [5, 5.41) is 5.43. The van der Waals surface area contributed by atoms with E-state index in [2.05, 4.69) is 16.6 Å². The van der Waals surface area contributed by atoms with Crippen molar-refractivity contribution in [2.24, 2.45) is 0 Å². The van der Waals surface area contributed by atoms with Crippen molar-refractivity contribution in [1.29, 1.82) is 0 Å². The first kappa shape index (κ1) is 14.5. The third-order valence-corrected chi connectivity index (χ3v) is 1.95. The summed E-state index contributed by atoms with van der Waals surface area (Å²) in [7, 11) is 1.52. The van der Waals surface area contributed by atoms with Crippen LogP contribution in [0.15, 0.2) is 0 Å². The molecule has 0 radical (unpaired) electrons. The molecular weight excluding hydrogens is 206 g/mol. The molecule has 5 nitrogen and oxygen atoms in total. The van der Waals surface area contributed by atoms with Crippen LogP contribution in [0.3, 0.4) is 0 Å². The number of hydrogen-bond donors (Lipinski definition) is 2. The molecule has 0 aromatic carbocycles. The predicted molar refractivity (Wildman–Crippen MR) is 62.6 cm³/mol. The van der Waals surface area contributed by atoms with E-state index in [1.165, 1.54) is 11.9 Å².